The number of hydrogen-bond acceptors (Lipinski definition) is 4. The van der Waals surface area contributed by atoms with Crippen LogP contribution in [0.3, 0.4) is 0 Å². The molecule has 0 aromatic carbocycles. The van der Waals surface area contributed by atoms with Crippen LogP contribution in [0.25, 0.3) is 0 Å². The van der Waals surface area contributed by atoms with E-state index in [1.807, 2.05) is 6.92 Å². The maximum atomic E-state index is 11.9. The van der Waals surface area contributed by atoms with Gasteiger partial charge in [-0.3, -0.25) is 14.6 Å². The van der Waals surface area contributed by atoms with Crippen molar-refractivity contribution in [3.8, 4) is 0 Å². The Morgan fingerprint density at radius 1 is 1.38 bits per heavy atom. The molecule has 1 heterocycles. The number of rotatable bonds is 7. The lowest BCUT2D eigenvalue weighted by Gasteiger charge is -2.46. The van der Waals surface area contributed by atoms with Crippen LogP contribution in [0, 0.1) is 0 Å². The van der Waals surface area contributed by atoms with Crippen molar-refractivity contribution in [3.63, 3.8) is 0 Å². The van der Waals surface area contributed by atoms with Crippen molar-refractivity contribution in [2.24, 2.45) is 5.73 Å². The van der Waals surface area contributed by atoms with Crippen molar-refractivity contribution >= 4 is 5.91 Å². The fourth-order valence-electron chi connectivity index (χ4n) is 3.19. The zero-order valence-electron chi connectivity index (χ0n) is 14.6. The van der Waals surface area contributed by atoms with E-state index in [4.69, 9.17) is 5.73 Å². The third kappa shape index (κ3) is 4.66. The molecule has 4 unspecified atom stereocenters. The lowest BCUT2D eigenvalue weighted by molar-refractivity contribution is -0.124. The largest absolute Gasteiger partial charge is 0.368 e. The van der Waals surface area contributed by atoms with Crippen LogP contribution in [0.4, 0.5) is 0 Å². The number of carbonyl (C=O) groups excluding carboxylic acids is 1. The molecule has 3 N–H and O–H groups in total. The summed E-state index contributed by atoms with van der Waals surface area (Å²) in [4.78, 5) is 16.8. The van der Waals surface area contributed by atoms with Crippen LogP contribution in [0.15, 0.2) is 0 Å². The van der Waals surface area contributed by atoms with E-state index >= 15 is 0 Å². The average molecular weight is 298 g/mol. The van der Waals surface area contributed by atoms with Gasteiger partial charge in [-0.2, -0.15) is 0 Å². The van der Waals surface area contributed by atoms with Crippen molar-refractivity contribution in [3.05, 3.63) is 0 Å². The molecule has 21 heavy (non-hydrogen) atoms. The number of nitrogens with one attached hydrogen (secondary N) is 1. The van der Waals surface area contributed by atoms with Gasteiger partial charge in [-0.15, -0.1) is 0 Å². The number of hydrogen-bond donors (Lipinski definition) is 2. The molecule has 0 aromatic rings. The predicted molar refractivity (Wildman–Crippen MR) is 88.2 cm³/mol. The summed E-state index contributed by atoms with van der Waals surface area (Å²) >= 11 is 0. The summed E-state index contributed by atoms with van der Waals surface area (Å²) < 4.78 is 0. The van der Waals surface area contributed by atoms with Crippen molar-refractivity contribution in [1.29, 1.82) is 0 Å². The molecular weight excluding hydrogens is 264 g/mol. The number of nitrogens with zero attached hydrogens (tertiary/aromatic N) is 2. The van der Waals surface area contributed by atoms with Crippen LogP contribution < -0.4 is 11.1 Å². The maximum absolute atomic E-state index is 11.9. The van der Waals surface area contributed by atoms with Gasteiger partial charge in [0.1, 0.15) is 0 Å². The Bertz CT molecular complexity index is 337. The zero-order chi connectivity index (χ0) is 16.2. The van der Waals surface area contributed by atoms with Crippen molar-refractivity contribution in [1.82, 2.24) is 15.1 Å². The Morgan fingerprint density at radius 3 is 2.33 bits per heavy atom. The molecule has 1 aliphatic rings. The van der Waals surface area contributed by atoms with Crippen molar-refractivity contribution < 1.29 is 4.79 Å². The fourth-order valence-corrected chi connectivity index (χ4v) is 3.19. The van der Waals surface area contributed by atoms with Crippen molar-refractivity contribution in [2.45, 2.75) is 71.1 Å². The van der Waals surface area contributed by atoms with E-state index < -0.39 is 5.54 Å². The number of primary amides is 1. The Morgan fingerprint density at radius 2 is 1.90 bits per heavy atom. The van der Waals surface area contributed by atoms with Gasteiger partial charge >= 0.3 is 0 Å². The predicted octanol–water partition coefficient (Wildman–Crippen LogP) is 1.03. The second kappa shape index (κ2) is 7.56. The molecule has 1 aliphatic heterocycles. The molecule has 0 aliphatic carbocycles. The van der Waals surface area contributed by atoms with E-state index in [0.717, 1.165) is 32.5 Å². The first-order chi connectivity index (χ1) is 9.71. The van der Waals surface area contributed by atoms with Gasteiger partial charge in [0.05, 0.1) is 5.54 Å². The summed E-state index contributed by atoms with van der Waals surface area (Å²) in [5, 5.41) is 3.33. The Hall–Kier alpha value is -0.650. The number of nitrogens with two attached hydrogens (primary N) is 1. The molecule has 5 heteroatoms. The van der Waals surface area contributed by atoms with Crippen LogP contribution in [-0.2, 0) is 4.79 Å². The van der Waals surface area contributed by atoms with Gasteiger partial charge in [0.2, 0.25) is 5.91 Å². The molecule has 0 bridgehead atoms. The minimum absolute atomic E-state index is 0.252. The second-order valence-corrected chi connectivity index (χ2v) is 6.99. The second-order valence-electron chi connectivity index (χ2n) is 6.99. The SMILES string of the molecule is CCCNC(C)(CC(C)N1CC(C)N(C)C(C)C1)C(N)=O. The monoisotopic (exact) mass is 298 g/mol. The summed E-state index contributed by atoms with van der Waals surface area (Å²) in [6.45, 7) is 13.7. The van der Waals surface area contributed by atoms with Crippen LogP contribution in [0.5, 0.6) is 0 Å². The first-order valence-electron chi connectivity index (χ1n) is 8.22. The Kier molecular flexibility index (Phi) is 6.63. The molecule has 5 nitrogen and oxygen atoms in total. The van der Waals surface area contributed by atoms with E-state index in [-0.39, 0.29) is 5.91 Å². The highest BCUT2D eigenvalue weighted by molar-refractivity contribution is 5.84. The Balaban J connectivity index is 2.69. The highest BCUT2D eigenvalue weighted by atomic mass is 16.1. The number of piperazine rings is 1. The van der Waals surface area contributed by atoms with Crippen LogP contribution >= 0.6 is 0 Å². The summed E-state index contributed by atoms with van der Waals surface area (Å²) in [6.07, 6.45) is 1.76. The smallest absolute Gasteiger partial charge is 0.237 e. The average Bonchev–Trinajstić information content (AvgIpc) is 2.41. The van der Waals surface area contributed by atoms with Crippen molar-refractivity contribution in [2.75, 3.05) is 26.7 Å². The summed E-state index contributed by atoms with van der Waals surface area (Å²) in [5.74, 6) is -0.252. The first-order valence-corrected chi connectivity index (χ1v) is 8.22. The fraction of sp³-hybridized carbons (Fsp3) is 0.938. The molecule has 1 rings (SSSR count). The van der Waals surface area contributed by atoms with Gasteiger partial charge in [0, 0.05) is 31.2 Å². The molecule has 0 aromatic heterocycles. The molecule has 1 amide bonds. The highest BCUT2D eigenvalue weighted by Gasteiger charge is 2.36. The van der Waals surface area contributed by atoms with Crippen LogP contribution in [-0.4, -0.2) is 66.1 Å². The lowest BCUT2D eigenvalue weighted by Crippen LogP contribution is -2.60. The number of amides is 1. The molecule has 1 fully saturated rings. The van der Waals surface area contributed by atoms with Gasteiger partial charge in [-0.05, 0) is 54.1 Å². The van der Waals surface area contributed by atoms with E-state index in [2.05, 4.69) is 49.9 Å². The topological polar surface area (TPSA) is 61.6 Å². The van der Waals surface area contributed by atoms with E-state index in [1.54, 1.807) is 0 Å². The minimum Gasteiger partial charge on any atom is -0.368 e. The summed E-state index contributed by atoms with van der Waals surface area (Å²) in [5.41, 5.74) is 5.02. The van der Waals surface area contributed by atoms with E-state index in [0.29, 0.717) is 18.1 Å². The molecule has 124 valence electrons. The third-order valence-electron chi connectivity index (χ3n) is 5.02. The van der Waals surface area contributed by atoms with Gasteiger partial charge in [-0.25, -0.2) is 0 Å². The van der Waals surface area contributed by atoms with Crippen LogP contribution in [0.2, 0.25) is 0 Å². The van der Waals surface area contributed by atoms with E-state index in [9.17, 15) is 4.79 Å². The maximum Gasteiger partial charge on any atom is 0.237 e. The molecule has 0 saturated carbocycles. The Labute approximate surface area is 130 Å². The van der Waals surface area contributed by atoms with Gasteiger partial charge in [-0.1, -0.05) is 6.92 Å². The van der Waals surface area contributed by atoms with E-state index in [1.165, 1.54) is 0 Å². The molecule has 4 atom stereocenters. The zero-order valence-corrected chi connectivity index (χ0v) is 14.6. The first kappa shape index (κ1) is 18.4. The molecule has 0 radical (unpaired) electrons. The van der Waals surface area contributed by atoms with Crippen LogP contribution in [0.1, 0.15) is 47.5 Å². The van der Waals surface area contributed by atoms with Gasteiger partial charge in [0.25, 0.3) is 0 Å². The lowest BCUT2D eigenvalue weighted by atomic mass is 9.91. The molecular formula is C16H34N4O. The number of carbonyl (C=O) groups is 1. The summed E-state index contributed by atoms with van der Waals surface area (Å²) in [6, 6.07) is 1.42. The van der Waals surface area contributed by atoms with Gasteiger partial charge < -0.3 is 11.1 Å². The highest BCUT2D eigenvalue weighted by Crippen LogP contribution is 2.21. The van der Waals surface area contributed by atoms with Gasteiger partial charge in [0.15, 0.2) is 0 Å². The molecule has 1 saturated heterocycles. The standard InChI is InChI=1S/C16H34N4O/c1-7-8-18-16(5,15(17)21)9-12(2)20-10-13(3)19(6)14(4)11-20/h12-14,18H,7-11H2,1-6H3,(H2,17,21). The number of likely N-dealkylation sites (N-methyl/N-ethyl adjacent to an activating group) is 1. The molecule has 0 spiro atoms. The normalized spacial score (nSPS) is 29.0. The minimum atomic E-state index is -0.620. The quantitative estimate of drug-likeness (QED) is 0.737. The summed E-state index contributed by atoms with van der Waals surface area (Å²) in [7, 11) is 2.19. The third-order valence-corrected chi connectivity index (χ3v) is 5.02.